The molecule has 1 N–H and O–H groups in total. The summed E-state index contributed by atoms with van der Waals surface area (Å²) in [6.45, 7) is 4.95. The van der Waals surface area contributed by atoms with Gasteiger partial charge in [0.2, 0.25) is 0 Å². The maximum Gasteiger partial charge on any atom is 0.357 e. The number of benzene rings is 2. The van der Waals surface area contributed by atoms with E-state index in [9.17, 15) is 4.79 Å². The molecule has 0 saturated carbocycles. The van der Waals surface area contributed by atoms with Crippen molar-refractivity contribution < 1.29 is 14.5 Å². The molecule has 0 saturated heterocycles. The number of nitrogens with zero attached hydrogens (tertiary/aromatic N) is 2. The van der Waals surface area contributed by atoms with E-state index < -0.39 is 0 Å². The highest BCUT2D eigenvalue weighted by Gasteiger charge is 2.26. The quantitative estimate of drug-likeness (QED) is 0.365. The summed E-state index contributed by atoms with van der Waals surface area (Å²) in [5.41, 5.74) is 5.45. The standard InChI is InChI=1S/C22H21N3O3S/c1-2-12-27-24-18-13-17(21-23-19-10-6-7-11-20(19)29-21)14-25(15-18)28-22(26)16-8-4-3-5-9-16/h2-11,13,18,24H,1,12,14-15H2. The first-order valence-corrected chi connectivity index (χ1v) is 10.1. The zero-order valence-corrected chi connectivity index (χ0v) is 16.6. The molecule has 1 atom stereocenters. The number of nitrogens with one attached hydrogen (secondary N) is 1. The first kappa shape index (κ1) is 19.5. The molecule has 148 valence electrons. The van der Waals surface area contributed by atoms with Gasteiger partial charge in [0.15, 0.2) is 0 Å². The van der Waals surface area contributed by atoms with Crippen LogP contribution >= 0.6 is 11.3 Å². The van der Waals surface area contributed by atoms with Crippen LogP contribution in [0.1, 0.15) is 15.4 Å². The molecule has 3 aromatic rings. The molecule has 0 radical (unpaired) electrons. The highest BCUT2D eigenvalue weighted by atomic mass is 32.1. The van der Waals surface area contributed by atoms with Gasteiger partial charge in [0, 0.05) is 5.57 Å². The van der Waals surface area contributed by atoms with Gasteiger partial charge in [-0.1, -0.05) is 42.5 Å². The molecule has 2 heterocycles. The average molecular weight is 407 g/mol. The molecule has 1 aliphatic rings. The molecule has 0 amide bonds. The third kappa shape index (κ3) is 4.78. The third-order valence-electron chi connectivity index (χ3n) is 4.38. The number of para-hydroxylation sites is 1. The largest absolute Gasteiger partial charge is 0.363 e. The Morgan fingerprint density at radius 2 is 2.03 bits per heavy atom. The second-order valence-electron chi connectivity index (χ2n) is 6.57. The van der Waals surface area contributed by atoms with Gasteiger partial charge in [-0.2, -0.15) is 5.48 Å². The van der Waals surface area contributed by atoms with Gasteiger partial charge in [-0.3, -0.25) is 4.84 Å². The van der Waals surface area contributed by atoms with Gasteiger partial charge in [0.05, 0.1) is 41.5 Å². The molecule has 1 aliphatic heterocycles. The molecular weight excluding hydrogens is 386 g/mol. The maximum atomic E-state index is 12.5. The molecule has 7 heteroatoms. The fourth-order valence-corrected chi connectivity index (χ4v) is 4.05. The van der Waals surface area contributed by atoms with Crippen molar-refractivity contribution in [3.8, 4) is 0 Å². The van der Waals surface area contributed by atoms with Crippen molar-refractivity contribution in [2.24, 2.45) is 0 Å². The van der Waals surface area contributed by atoms with E-state index in [1.165, 1.54) is 0 Å². The van der Waals surface area contributed by atoms with E-state index in [2.05, 4.69) is 24.2 Å². The molecule has 2 aromatic carbocycles. The van der Waals surface area contributed by atoms with Crippen molar-refractivity contribution >= 4 is 33.1 Å². The van der Waals surface area contributed by atoms with Crippen LogP contribution in [-0.2, 0) is 9.68 Å². The minimum absolute atomic E-state index is 0.158. The number of carbonyl (C=O) groups is 1. The van der Waals surface area contributed by atoms with Crippen molar-refractivity contribution in [1.29, 1.82) is 0 Å². The van der Waals surface area contributed by atoms with Crippen LogP contribution in [-0.4, -0.2) is 41.8 Å². The molecule has 0 aliphatic carbocycles. The van der Waals surface area contributed by atoms with E-state index >= 15 is 0 Å². The Morgan fingerprint density at radius 1 is 1.24 bits per heavy atom. The summed E-state index contributed by atoms with van der Waals surface area (Å²) in [5, 5.41) is 2.55. The zero-order valence-electron chi connectivity index (χ0n) is 15.8. The summed E-state index contributed by atoms with van der Waals surface area (Å²) >= 11 is 1.62. The minimum atomic E-state index is -0.387. The van der Waals surface area contributed by atoms with Crippen LogP contribution in [0.4, 0.5) is 0 Å². The fourth-order valence-electron chi connectivity index (χ4n) is 3.07. The van der Waals surface area contributed by atoms with Crippen LogP contribution in [0.25, 0.3) is 15.8 Å². The van der Waals surface area contributed by atoms with Crippen molar-refractivity contribution in [2.45, 2.75) is 6.04 Å². The van der Waals surface area contributed by atoms with E-state index in [-0.39, 0.29) is 12.0 Å². The molecule has 1 aromatic heterocycles. The van der Waals surface area contributed by atoms with Gasteiger partial charge in [-0.25, -0.2) is 9.78 Å². The summed E-state index contributed by atoms with van der Waals surface area (Å²) in [4.78, 5) is 28.3. The number of thiazole rings is 1. The summed E-state index contributed by atoms with van der Waals surface area (Å²) in [6.07, 6.45) is 3.74. The lowest BCUT2D eigenvalue weighted by Crippen LogP contribution is -2.45. The van der Waals surface area contributed by atoms with Crippen LogP contribution in [0.5, 0.6) is 0 Å². The first-order chi connectivity index (χ1) is 14.2. The topological polar surface area (TPSA) is 63.7 Å². The van der Waals surface area contributed by atoms with Gasteiger partial charge < -0.3 is 4.84 Å². The predicted molar refractivity (Wildman–Crippen MR) is 114 cm³/mol. The van der Waals surface area contributed by atoms with E-state index in [4.69, 9.17) is 14.7 Å². The molecule has 6 nitrogen and oxygen atoms in total. The van der Waals surface area contributed by atoms with E-state index in [1.54, 1.807) is 34.6 Å². The van der Waals surface area contributed by atoms with Gasteiger partial charge in [0.1, 0.15) is 5.01 Å². The molecule has 29 heavy (non-hydrogen) atoms. The summed E-state index contributed by atoms with van der Waals surface area (Å²) in [5.74, 6) is -0.387. The smallest absolute Gasteiger partial charge is 0.357 e. The third-order valence-corrected chi connectivity index (χ3v) is 5.49. The van der Waals surface area contributed by atoms with Crippen molar-refractivity contribution in [3.63, 3.8) is 0 Å². The number of hydrogen-bond donors (Lipinski definition) is 1. The average Bonchev–Trinajstić information content (AvgIpc) is 3.19. The number of carbonyl (C=O) groups excluding carboxylic acids is 1. The van der Waals surface area contributed by atoms with Crippen LogP contribution < -0.4 is 5.48 Å². The highest BCUT2D eigenvalue weighted by molar-refractivity contribution is 7.19. The molecular formula is C22H21N3O3S. The Kier molecular flexibility index (Phi) is 6.12. The van der Waals surface area contributed by atoms with Gasteiger partial charge in [0.25, 0.3) is 0 Å². The number of rotatable bonds is 7. The van der Waals surface area contributed by atoms with Crippen LogP contribution in [0.2, 0.25) is 0 Å². The van der Waals surface area contributed by atoms with Gasteiger partial charge in [-0.15, -0.1) is 23.0 Å². The molecule has 0 fully saturated rings. The summed E-state index contributed by atoms with van der Waals surface area (Å²) in [6, 6.07) is 16.8. The van der Waals surface area contributed by atoms with Crippen molar-refractivity contribution in [2.75, 3.05) is 19.7 Å². The molecule has 4 rings (SSSR count). The number of aromatic nitrogens is 1. The Labute approximate surface area is 173 Å². The van der Waals surface area contributed by atoms with E-state index in [1.807, 2.05) is 36.4 Å². The number of fused-ring (bicyclic) bond motifs is 1. The van der Waals surface area contributed by atoms with Crippen LogP contribution in [0, 0.1) is 0 Å². The molecule has 0 bridgehead atoms. The van der Waals surface area contributed by atoms with Crippen molar-refractivity contribution in [3.05, 3.63) is 83.9 Å². The Bertz CT molecular complexity index is 999. The molecule has 1 unspecified atom stereocenters. The monoisotopic (exact) mass is 407 g/mol. The molecule has 0 spiro atoms. The van der Waals surface area contributed by atoms with Gasteiger partial charge >= 0.3 is 5.97 Å². The minimum Gasteiger partial charge on any atom is -0.363 e. The summed E-state index contributed by atoms with van der Waals surface area (Å²) < 4.78 is 1.12. The lowest BCUT2D eigenvalue weighted by atomic mass is 10.1. The first-order valence-electron chi connectivity index (χ1n) is 9.30. The second-order valence-corrected chi connectivity index (χ2v) is 7.60. The van der Waals surface area contributed by atoms with Gasteiger partial charge in [-0.05, 0) is 24.3 Å². The Balaban J connectivity index is 1.55. The van der Waals surface area contributed by atoms with E-state index in [0.717, 1.165) is 20.8 Å². The number of hydrogen-bond acceptors (Lipinski definition) is 7. The maximum absolute atomic E-state index is 12.5. The second kappa shape index (κ2) is 9.11. The van der Waals surface area contributed by atoms with E-state index in [0.29, 0.717) is 25.3 Å². The number of hydroxylamine groups is 3. The Morgan fingerprint density at radius 3 is 2.83 bits per heavy atom. The Hall–Kier alpha value is -2.84. The predicted octanol–water partition coefficient (Wildman–Crippen LogP) is 3.84. The lowest BCUT2D eigenvalue weighted by Gasteiger charge is -2.30. The van der Waals surface area contributed by atoms with Crippen LogP contribution in [0.15, 0.2) is 73.3 Å². The van der Waals surface area contributed by atoms with Crippen LogP contribution in [0.3, 0.4) is 0 Å². The zero-order chi connectivity index (χ0) is 20.1. The summed E-state index contributed by atoms with van der Waals surface area (Å²) in [7, 11) is 0. The fraction of sp³-hybridized carbons (Fsp3) is 0.182. The normalized spacial score (nSPS) is 17.1. The highest BCUT2D eigenvalue weighted by Crippen LogP contribution is 2.29. The SMILES string of the molecule is C=CCONC1C=C(c2nc3ccccc3s2)CN(OC(=O)c2ccccc2)C1. The van der Waals surface area contributed by atoms with Crippen molar-refractivity contribution in [1.82, 2.24) is 15.5 Å². The lowest BCUT2D eigenvalue weighted by molar-refractivity contribution is -0.113.